The lowest BCUT2D eigenvalue weighted by molar-refractivity contribution is -0.137. The van der Waals surface area contributed by atoms with Crippen molar-refractivity contribution < 1.29 is 19.8 Å². The zero-order valence-corrected chi connectivity index (χ0v) is 9.41. The van der Waals surface area contributed by atoms with Gasteiger partial charge in [0.25, 0.3) is 0 Å². The molecule has 0 unspecified atom stereocenters. The number of fused-ring (bicyclic) bond motifs is 1. The predicted octanol–water partition coefficient (Wildman–Crippen LogP) is 1.82. The van der Waals surface area contributed by atoms with E-state index in [1.54, 1.807) is 16.8 Å². The fourth-order valence-electron chi connectivity index (χ4n) is 1.85. The number of nitrogens with zero attached hydrogens (tertiary/aromatic N) is 1. The van der Waals surface area contributed by atoms with Crippen molar-refractivity contribution >= 4 is 28.9 Å². The normalized spacial score (nSPS) is 11.1. The molecule has 92 valence electrons. The van der Waals surface area contributed by atoms with Crippen LogP contribution in [-0.4, -0.2) is 26.7 Å². The highest BCUT2D eigenvalue weighted by Gasteiger charge is 2.08. The molecule has 0 bridgehead atoms. The largest absolute Gasteiger partial charge is 0.480 e. The van der Waals surface area contributed by atoms with Crippen LogP contribution in [0, 0.1) is 0 Å². The molecule has 2 N–H and O–H groups in total. The lowest BCUT2D eigenvalue weighted by Crippen LogP contribution is -2.07. The Morgan fingerprint density at radius 1 is 1.22 bits per heavy atom. The number of carboxylic acids is 2. The summed E-state index contributed by atoms with van der Waals surface area (Å²) < 4.78 is 1.58. The van der Waals surface area contributed by atoms with Gasteiger partial charge in [0.2, 0.25) is 0 Å². The van der Waals surface area contributed by atoms with Crippen LogP contribution in [0.25, 0.3) is 17.0 Å². The van der Waals surface area contributed by atoms with Crippen molar-refractivity contribution in [3.05, 3.63) is 42.1 Å². The summed E-state index contributed by atoms with van der Waals surface area (Å²) >= 11 is 0. The molecule has 5 heteroatoms. The minimum absolute atomic E-state index is 0.151. The second-order valence-electron chi connectivity index (χ2n) is 3.79. The van der Waals surface area contributed by atoms with Gasteiger partial charge in [-0.2, -0.15) is 0 Å². The van der Waals surface area contributed by atoms with Crippen molar-refractivity contribution in [2.45, 2.75) is 6.54 Å². The minimum Gasteiger partial charge on any atom is -0.480 e. The Morgan fingerprint density at radius 2 is 1.94 bits per heavy atom. The van der Waals surface area contributed by atoms with Crippen LogP contribution in [0.15, 0.2) is 36.5 Å². The molecule has 0 fully saturated rings. The second-order valence-corrected chi connectivity index (χ2v) is 3.79. The van der Waals surface area contributed by atoms with Gasteiger partial charge in [-0.15, -0.1) is 0 Å². The molecule has 2 aromatic rings. The average Bonchev–Trinajstić information content (AvgIpc) is 2.65. The smallest absolute Gasteiger partial charge is 0.328 e. The molecule has 1 heterocycles. The Bertz CT molecular complexity index is 639. The Balaban J connectivity index is 2.53. The summed E-state index contributed by atoms with van der Waals surface area (Å²) in [7, 11) is 0. The highest BCUT2D eigenvalue weighted by atomic mass is 16.4. The zero-order valence-electron chi connectivity index (χ0n) is 9.41. The first-order valence-electron chi connectivity index (χ1n) is 5.28. The van der Waals surface area contributed by atoms with E-state index in [-0.39, 0.29) is 6.54 Å². The first kappa shape index (κ1) is 11.9. The number of para-hydroxylation sites is 1. The third-order valence-electron chi connectivity index (χ3n) is 2.53. The van der Waals surface area contributed by atoms with Crippen molar-refractivity contribution in [1.29, 1.82) is 0 Å². The number of aromatic nitrogens is 1. The SMILES string of the molecule is O=C(O)/C=C/c1cn(CC(=O)O)c2ccccc12. The summed E-state index contributed by atoms with van der Waals surface area (Å²) in [5.74, 6) is -1.98. The number of carboxylic acid groups (broad SMARTS) is 2. The average molecular weight is 245 g/mol. The minimum atomic E-state index is -1.04. The Labute approximate surface area is 103 Å². The molecule has 1 aromatic carbocycles. The summed E-state index contributed by atoms with van der Waals surface area (Å²) in [4.78, 5) is 21.3. The van der Waals surface area contributed by atoms with E-state index >= 15 is 0 Å². The molecule has 2 rings (SSSR count). The lowest BCUT2D eigenvalue weighted by Gasteiger charge is -1.99. The molecule has 0 atom stereocenters. The van der Waals surface area contributed by atoms with E-state index in [0.717, 1.165) is 17.0 Å². The second kappa shape index (κ2) is 4.75. The number of carbonyl (C=O) groups is 2. The summed E-state index contributed by atoms with van der Waals surface area (Å²) in [6, 6.07) is 7.27. The summed E-state index contributed by atoms with van der Waals surface area (Å²) in [5, 5.41) is 18.3. The molecular weight excluding hydrogens is 234 g/mol. The molecule has 0 saturated carbocycles. The molecule has 0 amide bonds. The molecule has 0 aliphatic carbocycles. The Kier molecular flexibility index (Phi) is 3.14. The van der Waals surface area contributed by atoms with Gasteiger partial charge in [0.15, 0.2) is 0 Å². The maximum Gasteiger partial charge on any atom is 0.328 e. The van der Waals surface area contributed by atoms with Crippen LogP contribution in [-0.2, 0) is 16.1 Å². The number of hydrogen-bond donors (Lipinski definition) is 2. The van der Waals surface area contributed by atoms with Gasteiger partial charge in [0.05, 0.1) is 0 Å². The van der Waals surface area contributed by atoms with Crippen LogP contribution in [0.4, 0.5) is 0 Å². The first-order valence-corrected chi connectivity index (χ1v) is 5.28. The molecule has 1 aromatic heterocycles. The van der Waals surface area contributed by atoms with Crippen LogP contribution in [0.3, 0.4) is 0 Å². The van der Waals surface area contributed by atoms with E-state index in [4.69, 9.17) is 10.2 Å². The highest BCUT2D eigenvalue weighted by molar-refractivity contribution is 5.94. The topological polar surface area (TPSA) is 79.5 Å². The van der Waals surface area contributed by atoms with E-state index in [9.17, 15) is 9.59 Å². The maximum absolute atomic E-state index is 10.8. The van der Waals surface area contributed by atoms with Crippen LogP contribution >= 0.6 is 0 Å². The molecule has 0 saturated heterocycles. The maximum atomic E-state index is 10.8. The van der Waals surface area contributed by atoms with Gasteiger partial charge in [-0.05, 0) is 12.1 Å². The summed E-state index contributed by atoms with van der Waals surface area (Å²) in [6.45, 7) is -0.151. The quantitative estimate of drug-likeness (QED) is 0.805. The van der Waals surface area contributed by atoms with Crippen molar-refractivity contribution in [2.24, 2.45) is 0 Å². The molecular formula is C13H11NO4. The van der Waals surface area contributed by atoms with E-state index in [2.05, 4.69) is 0 Å². The molecule has 5 nitrogen and oxygen atoms in total. The zero-order chi connectivity index (χ0) is 13.1. The van der Waals surface area contributed by atoms with Crippen molar-refractivity contribution in [3.8, 4) is 0 Å². The lowest BCUT2D eigenvalue weighted by atomic mass is 10.1. The van der Waals surface area contributed by atoms with Crippen molar-refractivity contribution in [1.82, 2.24) is 4.57 Å². The fraction of sp³-hybridized carbons (Fsp3) is 0.0769. The fourth-order valence-corrected chi connectivity index (χ4v) is 1.85. The Morgan fingerprint density at radius 3 is 2.61 bits per heavy atom. The van der Waals surface area contributed by atoms with E-state index in [1.807, 2.05) is 18.2 Å². The molecule has 18 heavy (non-hydrogen) atoms. The van der Waals surface area contributed by atoms with E-state index < -0.39 is 11.9 Å². The van der Waals surface area contributed by atoms with Gasteiger partial charge in [-0.1, -0.05) is 18.2 Å². The number of rotatable bonds is 4. The van der Waals surface area contributed by atoms with Gasteiger partial charge in [-0.3, -0.25) is 4.79 Å². The third kappa shape index (κ3) is 2.40. The van der Waals surface area contributed by atoms with Gasteiger partial charge in [0, 0.05) is 28.7 Å². The van der Waals surface area contributed by atoms with E-state index in [1.165, 1.54) is 6.08 Å². The van der Waals surface area contributed by atoms with Crippen molar-refractivity contribution in [3.63, 3.8) is 0 Å². The van der Waals surface area contributed by atoms with Crippen molar-refractivity contribution in [2.75, 3.05) is 0 Å². The predicted molar refractivity (Wildman–Crippen MR) is 66.2 cm³/mol. The van der Waals surface area contributed by atoms with Crippen LogP contribution in [0.1, 0.15) is 5.56 Å². The first-order chi connectivity index (χ1) is 8.58. The van der Waals surface area contributed by atoms with Crippen LogP contribution in [0.2, 0.25) is 0 Å². The molecule has 0 aliphatic heterocycles. The monoisotopic (exact) mass is 245 g/mol. The standard InChI is InChI=1S/C13H11NO4/c15-12(16)6-5-9-7-14(8-13(17)18)11-4-2-1-3-10(9)11/h1-7H,8H2,(H,15,16)(H,17,18)/b6-5+. The molecule has 0 radical (unpaired) electrons. The van der Waals surface area contributed by atoms with Gasteiger partial charge >= 0.3 is 11.9 Å². The van der Waals surface area contributed by atoms with E-state index in [0.29, 0.717) is 5.56 Å². The number of aliphatic carboxylic acids is 2. The Hall–Kier alpha value is -2.56. The number of benzene rings is 1. The van der Waals surface area contributed by atoms with Gasteiger partial charge < -0.3 is 14.8 Å². The van der Waals surface area contributed by atoms with Crippen LogP contribution in [0.5, 0.6) is 0 Å². The third-order valence-corrected chi connectivity index (χ3v) is 2.53. The summed E-state index contributed by atoms with van der Waals surface area (Å²) in [5.41, 5.74) is 1.46. The molecule has 0 spiro atoms. The summed E-state index contributed by atoms with van der Waals surface area (Å²) in [6.07, 6.45) is 4.13. The van der Waals surface area contributed by atoms with Gasteiger partial charge in [0.1, 0.15) is 6.54 Å². The van der Waals surface area contributed by atoms with Crippen LogP contribution < -0.4 is 0 Å². The molecule has 0 aliphatic rings. The number of hydrogen-bond acceptors (Lipinski definition) is 2. The van der Waals surface area contributed by atoms with Gasteiger partial charge in [-0.25, -0.2) is 4.79 Å². The highest BCUT2D eigenvalue weighted by Crippen LogP contribution is 2.22.